The van der Waals surface area contributed by atoms with Gasteiger partial charge >= 0.3 is 0 Å². The van der Waals surface area contributed by atoms with Crippen LogP contribution in [0.1, 0.15) is 5.89 Å². The number of benzene rings is 2. The molecule has 4 aromatic rings. The van der Waals surface area contributed by atoms with Crippen LogP contribution in [0.4, 0.5) is 0 Å². The topological polar surface area (TPSA) is 102 Å². The number of fused-ring (bicyclic) bond motifs is 1. The van der Waals surface area contributed by atoms with Crippen molar-refractivity contribution >= 4 is 26.8 Å². The number of rotatable bonds is 6. The fraction of sp³-hybridized carbons (Fsp3) is 0.200. The molecule has 2 heterocycles. The normalized spacial score (nSPS) is 10.9. The SMILES string of the molecule is COc1cc(-c2nnc(Cn3cnc4ccc(Br)cc4c3=O)o2)cc(OC)c1OC. The molecule has 0 spiro atoms. The summed E-state index contributed by atoms with van der Waals surface area (Å²) >= 11 is 3.37. The molecule has 0 amide bonds. The van der Waals surface area contributed by atoms with Crippen LogP contribution in [-0.4, -0.2) is 41.1 Å². The first-order chi connectivity index (χ1) is 14.5. The highest BCUT2D eigenvalue weighted by molar-refractivity contribution is 9.10. The Bertz CT molecular complexity index is 1260. The minimum atomic E-state index is -0.200. The highest BCUT2D eigenvalue weighted by atomic mass is 79.9. The van der Waals surface area contributed by atoms with Gasteiger partial charge in [0, 0.05) is 10.0 Å². The van der Waals surface area contributed by atoms with Crippen molar-refractivity contribution in [2.45, 2.75) is 6.54 Å². The molecule has 0 N–H and O–H groups in total. The van der Waals surface area contributed by atoms with Crippen LogP contribution in [0.15, 0.2) is 50.3 Å². The highest BCUT2D eigenvalue weighted by Crippen LogP contribution is 2.40. The summed E-state index contributed by atoms with van der Waals surface area (Å²) in [6.45, 7) is 0.0890. The lowest BCUT2D eigenvalue weighted by molar-refractivity contribution is 0.324. The Kier molecular flexibility index (Phi) is 5.40. The average Bonchev–Trinajstić information content (AvgIpc) is 3.23. The first-order valence-electron chi connectivity index (χ1n) is 8.81. The number of halogens is 1. The van der Waals surface area contributed by atoms with E-state index in [4.69, 9.17) is 18.6 Å². The third kappa shape index (κ3) is 3.61. The zero-order valence-electron chi connectivity index (χ0n) is 16.4. The molecule has 154 valence electrons. The van der Waals surface area contributed by atoms with Crippen LogP contribution < -0.4 is 19.8 Å². The number of nitrogens with zero attached hydrogens (tertiary/aromatic N) is 4. The summed E-state index contributed by atoms with van der Waals surface area (Å²) in [5, 5.41) is 8.63. The fourth-order valence-electron chi connectivity index (χ4n) is 3.03. The van der Waals surface area contributed by atoms with Gasteiger partial charge in [-0.3, -0.25) is 9.36 Å². The first-order valence-corrected chi connectivity index (χ1v) is 9.60. The van der Waals surface area contributed by atoms with Gasteiger partial charge in [-0.25, -0.2) is 4.98 Å². The van der Waals surface area contributed by atoms with Crippen molar-refractivity contribution in [3.05, 3.63) is 57.4 Å². The molecule has 0 bridgehead atoms. The summed E-state index contributed by atoms with van der Waals surface area (Å²) in [5.41, 5.74) is 1.01. The smallest absolute Gasteiger partial charge is 0.261 e. The molecule has 10 heteroatoms. The molecular formula is C20H17BrN4O5. The molecule has 4 rings (SSSR count). The minimum Gasteiger partial charge on any atom is -0.493 e. The van der Waals surface area contributed by atoms with Crippen LogP contribution in [0.25, 0.3) is 22.4 Å². The Hall–Kier alpha value is -3.40. The van der Waals surface area contributed by atoms with Crippen molar-refractivity contribution in [1.29, 1.82) is 0 Å². The second kappa shape index (κ2) is 8.15. The van der Waals surface area contributed by atoms with Gasteiger partial charge in [-0.05, 0) is 30.3 Å². The zero-order chi connectivity index (χ0) is 21.3. The Labute approximate surface area is 179 Å². The molecule has 0 aliphatic heterocycles. The van der Waals surface area contributed by atoms with Gasteiger partial charge in [-0.2, -0.15) is 0 Å². The van der Waals surface area contributed by atoms with Gasteiger partial charge < -0.3 is 18.6 Å². The van der Waals surface area contributed by atoms with Crippen molar-refractivity contribution in [2.75, 3.05) is 21.3 Å². The zero-order valence-corrected chi connectivity index (χ0v) is 18.0. The van der Waals surface area contributed by atoms with E-state index in [-0.39, 0.29) is 23.9 Å². The lowest BCUT2D eigenvalue weighted by Gasteiger charge is -2.12. The molecule has 30 heavy (non-hydrogen) atoms. The number of aromatic nitrogens is 4. The molecule has 0 aliphatic carbocycles. The molecule has 0 fully saturated rings. The maximum atomic E-state index is 12.8. The number of hydrogen-bond acceptors (Lipinski definition) is 8. The van der Waals surface area contributed by atoms with E-state index in [1.54, 1.807) is 24.3 Å². The monoisotopic (exact) mass is 472 g/mol. The van der Waals surface area contributed by atoms with Crippen LogP contribution in [0.2, 0.25) is 0 Å². The molecule has 2 aromatic heterocycles. The Morgan fingerprint density at radius 2 is 1.77 bits per heavy atom. The van der Waals surface area contributed by atoms with Crippen molar-refractivity contribution in [3.8, 4) is 28.7 Å². The largest absolute Gasteiger partial charge is 0.493 e. The lowest BCUT2D eigenvalue weighted by atomic mass is 10.2. The van der Waals surface area contributed by atoms with E-state index < -0.39 is 0 Å². The molecule has 2 aromatic carbocycles. The predicted octanol–water partition coefficient (Wildman–Crippen LogP) is 3.28. The fourth-order valence-corrected chi connectivity index (χ4v) is 3.39. The molecule has 0 radical (unpaired) electrons. The minimum absolute atomic E-state index is 0.0890. The second-order valence-corrected chi connectivity index (χ2v) is 7.17. The van der Waals surface area contributed by atoms with Gasteiger partial charge in [0.15, 0.2) is 11.5 Å². The van der Waals surface area contributed by atoms with E-state index in [1.165, 1.54) is 32.2 Å². The Morgan fingerprint density at radius 3 is 2.43 bits per heavy atom. The predicted molar refractivity (Wildman–Crippen MR) is 112 cm³/mol. The van der Waals surface area contributed by atoms with Gasteiger partial charge in [-0.15, -0.1) is 10.2 Å². The van der Waals surface area contributed by atoms with E-state index in [9.17, 15) is 4.79 Å². The summed E-state index contributed by atoms with van der Waals surface area (Å²) in [7, 11) is 4.58. The molecule has 0 atom stereocenters. The maximum absolute atomic E-state index is 12.8. The summed E-state index contributed by atoms with van der Waals surface area (Å²) in [6, 6.07) is 8.76. The van der Waals surface area contributed by atoms with Gasteiger partial charge in [0.05, 0.1) is 38.6 Å². The standard InChI is InChI=1S/C20H17BrN4O5/c1-27-15-6-11(7-16(28-2)18(15)29-3)19-24-23-17(30-19)9-25-10-22-14-5-4-12(21)8-13(14)20(25)26/h4-8,10H,9H2,1-3H3. The molecule has 9 nitrogen and oxygen atoms in total. The molecule has 0 saturated carbocycles. The van der Waals surface area contributed by atoms with Crippen molar-refractivity contribution in [1.82, 2.24) is 19.7 Å². The van der Waals surface area contributed by atoms with Gasteiger partial charge in [-0.1, -0.05) is 15.9 Å². The second-order valence-electron chi connectivity index (χ2n) is 6.25. The number of ether oxygens (including phenoxy) is 3. The van der Waals surface area contributed by atoms with E-state index in [0.717, 1.165) is 4.47 Å². The van der Waals surface area contributed by atoms with Crippen LogP contribution in [0.5, 0.6) is 17.2 Å². The maximum Gasteiger partial charge on any atom is 0.261 e. The van der Waals surface area contributed by atoms with E-state index in [1.807, 2.05) is 6.07 Å². The lowest BCUT2D eigenvalue weighted by Crippen LogP contribution is -2.21. The van der Waals surface area contributed by atoms with Crippen LogP contribution in [0, 0.1) is 0 Å². The third-order valence-corrected chi connectivity index (χ3v) is 4.96. The summed E-state index contributed by atoms with van der Waals surface area (Å²) in [5.74, 6) is 1.91. The van der Waals surface area contributed by atoms with Gasteiger partial charge in [0.2, 0.25) is 17.5 Å². The number of hydrogen-bond donors (Lipinski definition) is 0. The highest BCUT2D eigenvalue weighted by Gasteiger charge is 2.18. The van der Waals surface area contributed by atoms with E-state index >= 15 is 0 Å². The van der Waals surface area contributed by atoms with E-state index in [0.29, 0.717) is 33.7 Å². The van der Waals surface area contributed by atoms with Crippen molar-refractivity contribution in [2.24, 2.45) is 0 Å². The Balaban J connectivity index is 1.68. The van der Waals surface area contributed by atoms with Crippen molar-refractivity contribution in [3.63, 3.8) is 0 Å². The van der Waals surface area contributed by atoms with E-state index in [2.05, 4.69) is 31.1 Å². The van der Waals surface area contributed by atoms with Crippen molar-refractivity contribution < 1.29 is 18.6 Å². The average molecular weight is 473 g/mol. The molecular weight excluding hydrogens is 456 g/mol. The third-order valence-electron chi connectivity index (χ3n) is 4.47. The molecule has 0 saturated heterocycles. The number of methoxy groups -OCH3 is 3. The first kappa shape index (κ1) is 19.9. The van der Waals surface area contributed by atoms with Crippen LogP contribution in [-0.2, 0) is 6.54 Å². The van der Waals surface area contributed by atoms with Crippen LogP contribution >= 0.6 is 15.9 Å². The Morgan fingerprint density at radius 1 is 1.03 bits per heavy atom. The summed E-state index contributed by atoms with van der Waals surface area (Å²) in [6.07, 6.45) is 1.46. The van der Waals surface area contributed by atoms with Gasteiger partial charge in [0.1, 0.15) is 6.54 Å². The quantitative estimate of drug-likeness (QED) is 0.421. The summed E-state index contributed by atoms with van der Waals surface area (Å²) in [4.78, 5) is 17.1. The molecule has 0 unspecified atom stereocenters. The van der Waals surface area contributed by atoms with Crippen LogP contribution in [0.3, 0.4) is 0 Å². The summed E-state index contributed by atoms with van der Waals surface area (Å²) < 4.78 is 24.0. The van der Waals surface area contributed by atoms with Gasteiger partial charge in [0.25, 0.3) is 5.56 Å². The molecule has 0 aliphatic rings.